The van der Waals surface area contributed by atoms with E-state index in [4.69, 9.17) is 35.7 Å². The number of hydrogen-bond acceptors (Lipinski definition) is 8. The molecule has 0 bridgehead atoms. The molecule has 0 unspecified atom stereocenters. The van der Waals surface area contributed by atoms with Crippen LogP contribution in [-0.2, 0) is 23.8 Å². The number of benzene rings is 1. The van der Waals surface area contributed by atoms with Crippen LogP contribution < -0.4 is 9.64 Å². The summed E-state index contributed by atoms with van der Waals surface area (Å²) in [6.07, 6.45) is 1.58. The molecule has 38 heavy (non-hydrogen) atoms. The third kappa shape index (κ3) is 7.21. The molecule has 11 nitrogen and oxygen atoms in total. The maximum absolute atomic E-state index is 12.7. The lowest BCUT2D eigenvalue weighted by molar-refractivity contribution is -0.143. The fraction of sp³-hybridized carbons (Fsp3) is 0.385. The highest BCUT2D eigenvalue weighted by Gasteiger charge is 2.23. The molecule has 0 saturated carbocycles. The Labute approximate surface area is 224 Å². The number of nitrogens with zero attached hydrogens (tertiary/aromatic N) is 2. The lowest BCUT2D eigenvalue weighted by atomic mass is 10.0. The average Bonchev–Trinajstić information content (AvgIpc) is 3.26. The lowest BCUT2D eigenvalue weighted by Gasteiger charge is -2.19. The van der Waals surface area contributed by atoms with E-state index in [2.05, 4.69) is 9.97 Å². The second-order valence-electron chi connectivity index (χ2n) is 9.26. The van der Waals surface area contributed by atoms with Gasteiger partial charge in [0.25, 0.3) is 5.91 Å². The first-order chi connectivity index (χ1) is 17.9. The summed E-state index contributed by atoms with van der Waals surface area (Å²) < 4.78 is 21.1. The number of carboxylic acid groups (broad SMARTS) is 1. The minimum absolute atomic E-state index is 0.0476. The third-order valence-corrected chi connectivity index (χ3v) is 5.57. The van der Waals surface area contributed by atoms with Crippen molar-refractivity contribution in [3.63, 3.8) is 0 Å². The summed E-state index contributed by atoms with van der Waals surface area (Å²) in [4.78, 5) is 44.5. The number of carbonyl (C=O) groups excluding carboxylic acids is 2. The molecule has 3 rings (SSSR count). The number of fused-ring (bicyclic) bond motifs is 1. The Morgan fingerprint density at radius 1 is 1.08 bits per heavy atom. The second kappa shape index (κ2) is 12.2. The van der Waals surface area contributed by atoms with Gasteiger partial charge >= 0.3 is 11.9 Å². The standard InChI is InChI=1S/C26H30ClN3O8/c1-26(2,3)38-25(34)18-12-28-20-11-19(27)16(10-17(18)20)15-6-7-21(29-24(15)35-5)30(4)22(31)13-36-8-9-37-14-23(32)33/h6-7,10-12,28H,8-9,13-14H2,1-5H3,(H,32,33). The van der Waals surface area contributed by atoms with Gasteiger partial charge in [-0.15, -0.1) is 0 Å². The van der Waals surface area contributed by atoms with Crippen LogP contribution in [0.3, 0.4) is 0 Å². The molecule has 0 radical (unpaired) electrons. The Kier molecular flexibility index (Phi) is 9.31. The van der Waals surface area contributed by atoms with E-state index in [1.165, 1.54) is 12.0 Å². The van der Waals surface area contributed by atoms with Gasteiger partial charge in [0.1, 0.15) is 24.6 Å². The molecule has 0 aliphatic carbocycles. The predicted octanol–water partition coefficient (Wildman–Crippen LogP) is 3.93. The summed E-state index contributed by atoms with van der Waals surface area (Å²) in [5.41, 5.74) is 1.53. The Bertz CT molecular complexity index is 1330. The summed E-state index contributed by atoms with van der Waals surface area (Å²) >= 11 is 6.58. The molecule has 12 heteroatoms. The summed E-state index contributed by atoms with van der Waals surface area (Å²) in [5, 5.41) is 9.58. The van der Waals surface area contributed by atoms with Crippen molar-refractivity contribution >= 4 is 46.2 Å². The first-order valence-electron chi connectivity index (χ1n) is 11.6. The van der Waals surface area contributed by atoms with Gasteiger partial charge in [0.2, 0.25) is 5.88 Å². The van der Waals surface area contributed by atoms with Crippen molar-refractivity contribution in [1.29, 1.82) is 0 Å². The topological polar surface area (TPSA) is 140 Å². The summed E-state index contributed by atoms with van der Waals surface area (Å²) in [6, 6.07) is 6.83. The Morgan fingerprint density at radius 2 is 1.76 bits per heavy atom. The quantitative estimate of drug-likeness (QED) is 0.270. The number of pyridine rings is 1. The van der Waals surface area contributed by atoms with Crippen molar-refractivity contribution in [3.05, 3.63) is 41.0 Å². The van der Waals surface area contributed by atoms with E-state index in [0.29, 0.717) is 38.4 Å². The molecule has 2 N–H and O–H groups in total. The Hall–Kier alpha value is -3.67. The van der Waals surface area contributed by atoms with Crippen LogP contribution in [-0.4, -0.2) is 79.1 Å². The van der Waals surface area contributed by atoms with Gasteiger partial charge in [0.15, 0.2) is 0 Å². The van der Waals surface area contributed by atoms with E-state index in [9.17, 15) is 14.4 Å². The van der Waals surface area contributed by atoms with Gasteiger partial charge in [0.05, 0.1) is 30.9 Å². The Balaban J connectivity index is 1.81. The number of hydrogen-bond donors (Lipinski definition) is 2. The van der Waals surface area contributed by atoms with Crippen LogP contribution in [0.4, 0.5) is 5.82 Å². The molecule has 0 fully saturated rings. The molecular formula is C26H30ClN3O8. The highest BCUT2D eigenvalue weighted by atomic mass is 35.5. The number of nitrogens with one attached hydrogen (secondary N) is 1. The molecule has 0 spiro atoms. The molecule has 2 heterocycles. The molecule has 1 aromatic carbocycles. The number of aromatic nitrogens is 2. The van der Waals surface area contributed by atoms with Crippen LogP contribution >= 0.6 is 11.6 Å². The summed E-state index contributed by atoms with van der Waals surface area (Å²) in [6.45, 7) is 4.82. The molecule has 0 atom stereocenters. The number of esters is 1. The van der Waals surface area contributed by atoms with Crippen molar-refractivity contribution in [2.75, 3.05) is 45.5 Å². The number of likely N-dealkylation sites (N-methyl/N-ethyl adjacent to an activating group) is 1. The zero-order valence-electron chi connectivity index (χ0n) is 21.8. The number of rotatable bonds is 11. The van der Waals surface area contributed by atoms with Crippen molar-refractivity contribution in [2.45, 2.75) is 26.4 Å². The number of aliphatic carboxylic acids is 1. The number of ether oxygens (including phenoxy) is 4. The predicted molar refractivity (Wildman–Crippen MR) is 141 cm³/mol. The van der Waals surface area contributed by atoms with Crippen molar-refractivity contribution in [1.82, 2.24) is 9.97 Å². The average molecular weight is 548 g/mol. The van der Waals surface area contributed by atoms with Gasteiger partial charge in [-0.1, -0.05) is 11.6 Å². The van der Waals surface area contributed by atoms with E-state index < -0.39 is 24.1 Å². The van der Waals surface area contributed by atoms with Crippen LogP contribution in [0.2, 0.25) is 5.02 Å². The maximum Gasteiger partial charge on any atom is 0.340 e. The van der Waals surface area contributed by atoms with Crippen LogP contribution in [0.15, 0.2) is 30.5 Å². The summed E-state index contributed by atoms with van der Waals surface area (Å²) in [5.74, 6) is -1.38. The van der Waals surface area contributed by atoms with E-state index >= 15 is 0 Å². The normalized spacial score (nSPS) is 11.4. The van der Waals surface area contributed by atoms with Gasteiger partial charge in [-0.25, -0.2) is 9.59 Å². The van der Waals surface area contributed by atoms with Gasteiger partial charge in [-0.3, -0.25) is 9.69 Å². The molecule has 0 aliphatic rings. The smallest absolute Gasteiger partial charge is 0.340 e. The zero-order chi connectivity index (χ0) is 28.0. The van der Waals surface area contributed by atoms with Crippen LogP contribution in [0.1, 0.15) is 31.1 Å². The fourth-order valence-electron chi connectivity index (χ4n) is 3.49. The SMILES string of the molecule is COc1nc(N(C)C(=O)COCCOCC(=O)O)ccc1-c1cc2c(C(=O)OC(C)(C)C)c[nH]c2cc1Cl. The molecule has 0 aliphatic heterocycles. The number of carbonyl (C=O) groups is 3. The number of halogens is 1. The molecule has 3 aromatic rings. The van der Waals surface area contributed by atoms with Gasteiger partial charge in [-0.2, -0.15) is 4.98 Å². The fourth-order valence-corrected chi connectivity index (χ4v) is 3.76. The third-order valence-electron chi connectivity index (χ3n) is 5.26. The van der Waals surface area contributed by atoms with Gasteiger partial charge in [0, 0.05) is 35.3 Å². The zero-order valence-corrected chi connectivity index (χ0v) is 22.5. The van der Waals surface area contributed by atoms with E-state index in [1.54, 1.807) is 58.3 Å². The van der Waals surface area contributed by atoms with Crippen LogP contribution in [0.5, 0.6) is 5.88 Å². The van der Waals surface area contributed by atoms with E-state index in [1.807, 2.05) is 0 Å². The van der Waals surface area contributed by atoms with E-state index in [-0.39, 0.29) is 31.6 Å². The van der Waals surface area contributed by atoms with Gasteiger partial charge in [-0.05, 0) is 45.0 Å². The van der Waals surface area contributed by atoms with E-state index in [0.717, 1.165) is 0 Å². The van der Waals surface area contributed by atoms with Crippen LogP contribution in [0, 0.1) is 0 Å². The maximum atomic E-state index is 12.7. The highest BCUT2D eigenvalue weighted by Crippen LogP contribution is 2.38. The van der Waals surface area contributed by atoms with Gasteiger partial charge < -0.3 is 29.0 Å². The van der Waals surface area contributed by atoms with Crippen molar-refractivity contribution in [3.8, 4) is 17.0 Å². The first kappa shape index (κ1) is 28.9. The number of H-pyrrole nitrogens is 1. The number of anilines is 1. The summed E-state index contributed by atoms with van der Waals surface area (Å²) in [7, 11) is 2.99. The molecule has 0 saturated heterocycles. The number of amides is 1. The molecular weight excluding hydrogens is 518 g/mol. The number of methoxy groups -OCH3 is 1. The number of carboxylic acids is 1. The number of aromatic amines is 1. The van der Waals surface area contributed by atoms with Crippen molar-refractivity contribution in [2.24, 2.45) is 0 Å². The largest absolute Gasteiger partial charge is 0.480 e. The molecule has 2 aromatic heterocycles. The Morgan fingerprint density at radius 3 is 2.39 bits per heavy atom. The highest BCUT2D eigenvalue weighted by molar-refractivity contribution is 6.34. The second-order valence-corrected chi connectivity index (χ2v) is 9.67. The molecule has 1 amide bonds. The van der Waals surface area contributed by atoms with Crippen LogP contribution in [0.25, 0.3) is 22.0 Å². The first-order valence-corrected chi connectivity index (χ1v) is 12.0. The monoisotopic (exact) mass is 547 g/mol. The minimum Gasteiger partial charge on any atom is -0.480 e. The lowest BCUT2D eigenvalue weighted by Crippen LogP contribution is -2.31. The molecule has 204 valence electrons. The van der Waals surface area contributed by atoms with Crippen molar-refractivity contribution < 1.29 is 38.4 Å². The minimum atomic E-state index is -1.08.